The van der Waals surface area contributed by atoms with Crippen LogP contribution in [0.5, 0.6) is 23.0 Å². The number of hydrogen-bond acceptors (Lipinski definition) is 15. The van der Waals surface area contributed by atoms with Crippen LogP contribution in [-0.4, -0.2) is 90.6 Å². The number of nitrogens with zero attached hydrogens (tertiary/aromatic N) is 4. The molecule has 3 aliphatic heterocycles. The van der Waals surface area contributed by atoms with E-state index in [2.05, 4.69) is 10.5 Å². The third-order valence-corrected chi connectivity index (χ3v) is 12.5. The summed E-state index contributed by atoms with van der Waals surface area (Å²) < 4.78 is 37.1. The molecular formula is C49H47N5O12. The second kappa shape index (κ2) is 17.0. The standard InChI is InChI=1S/C49H47N5O12/c1-26(2)66-51-22-32-27-9-5-6-10-36(27)52-43-33(32)23-54-37(43)21-35-34(47(54)57)24-63-48(58)49(35,59)11-7-15-62-39-17-28-31(20-38(39)61-4)46(56)53(14-8-12-50-13-16-60-3)44-29-18-40-41(65-25-64-40)19-30(29)45(55)42(28)44/h5-6,9-10,17-22,26,50,59H,7-8,11-16,23-25H2,1-4H3/b51-22+/t49-/m0/s1. The van der Waals surface area contributed by atoms with Crippen molar-refractivity contribution in [3.8, 4) is 45.6 Å². The highest BCUT2D eigenvalue weighted by Gasteiger charge is 2.46. The predicted molar refractivity (Wildman–Crippen MR) is 242 cm³/mol. The van der Waals surface area contributed by atoms with Crippen LogP contribution >= 0.6 is 0 Å². The van der Waals surface area contributed by atoms with Gasteiger partial charge in [-0.3, -0.25) is 14.4 Å². The highest BCUT2D eigenvalue weighted by molar-refractivity contribution is 6.27. The molecule has 0 saturated carbocycles. The number of ether oxygens (including phenoxy) is 6. The van der Waals surface area contributed by atoms with Gasteiger partial charge < -0.3 is 52.8 Å². The van der Waals surface area contributed by atoms with E-state index in [4.69, 9.17) is 38.2 Å². The van der Waals surface area contributed by atoms with E-state index >= 15 is 0 Å². The Morgan fingerprint density at radius 3 is 2.47 bits per heavy atom. The van der Waals surface area contributed by atoms with E-state index in [9.17, 15) is 24.3 Å². The van der Waals surface area contributed by atoms with Crippen LogP contribution in [0, 0.1) is 0 Å². The van der Waals surface area contributed by atoms with E-state index in [-0.39, 0.29) is 84.9 Å². The highest BCUT2D eigenvalue weighted by atomic mass is 16.7. The molecule has 0 radical (unpaired) electrons. The normalized spacial score (nSPS) is 16.5. The number of methoxy groups -OCH3 is 2. The fourth-order valence-electron chi connectivity index (χ4n) is 9.39. The molecule has 66 heavy (non-hydrogen) atoms. The quantitative estimate of drug-likeness (QED) is 0.0557. The number of carbonyl (C=O) groups excluding carboxylic acids is 2. The molecule has 6 aromatic rings. The average Bonchev–Trinajstić information content (AvgIpc) is 4.01. The van der Waals surface area contributed by atoms with E-state index < -0.39 is 17.1 Å². The number of ketones is 1. The molecule has 17 nitrogen and oxygen atoms in total. The van der Waals surface area contributed by atoms with Crippen molar-refractivity contribution in [2.75, 3.05) is 47.3 Å². The lowest BCUT2D eigenvalue weighted by molar-refractivity contribution is -0.173. The van der Waals surface area contributed by atoms with E-state index in [1.165, 1.54) is 7.11 Å². The summed E-state index contributed by atoms with van der Waals surface area (Å²) in [6.07, 6.45) is 2.05. The Kier molecular flexibility index (Phi) is 11.1. The van der Waals surface area contributed by atoms with Crippen molar-refractivity contribution in [1.82, 2.24) is 19.4 Å². The van der Waals surface area contributed by atoms with E-state index in [0.717, 1.165) is 16.5 Å². The smallest absolute Gasteiger partial charge is 0.343 e. The zero-order valence-electron chi connectivity index (χ0n) is 36.9. The Balaban J connectivity index is 0.957. The summed E-state index contributed by atoms with van der Waals surface area (Å²) in [4.78, 5) is 67.0. The first-order valence-corrected chi connectivity index (χ1v) is 21.9. The number of para-hydroxylation sites is 1. The van der Waals surface area contributed by atoms with Crippen LogP contribution in [0.15, 0.2) is 69.3 Å². The monoisotopic (exact) mass is 897 g/mol. The van der Waals surface area contributed by atoms with Gasteiger partial charge in [-0.15, -0.1) is 0 Å². The summed E-state index contributed by atoms with van der Waals surface area (Å²) in [5, 5.41) is 21.2. The molecule has 6 heterocycles. The summed E-state index contributed by atoms with van der Waals surface area (Å²) in [5.41, 5.74) is 2.37. The molecule has 0 amide bonds. The maximum atomic E-state index is 14.4. The number of aromatic nitrogens is 3. The molecule has 340 valence electrons. The Hall–Kier alpha value is -7.08. The number of nitrogens with one attached hydrogen (secondary N) is 1. The van der Waals surface area contributed by atoms with Crippen LogP contribution in [0.1, 0.15) is 71.3 Å². The molecule has 0 spiro atoms. The lowest BCUT2D eigenvalue weighted by atomic mass is 9.84. The Morgan fingerprint density at radius 2 is 1.68 bits per heavy atom. The molecule has 17 heteroatoms. The maximum absolute atomic E-state index is 14.4. The number of esters is 1. The van der Waals surface area contributed by atoms with Crippen molar-refractivity contribution in [3.05, 3.63) is 109 Å². The number of fused-ring (bicyclic) bond motifs is 11. The topological polar surface area (TPSA) is 200 Å². The van der Waals surface area contributed by atoms with Crippen molar-refractivity contribution in [2.45, 2.75) is 64.5 Å². The van der Waals surface area contributed by atoms with Gasteiger partial charge in [0.2, 0.25) is 6.79 Å². The van der Waals surface area contributed by atoms with Crippen molar-refractivity contribution >= 4 is 39.6 Å². The zero-order valence-corrected chi connectivity index (χ0v) is 36.9. The van der Waals surface area contributed by atoms with Crippen molar-refractivity contribution in [3.63, 3.8) is 0 Å². The van der Waals surface area contributed by atoms with Gasteiger partial charge in [0.25, 0.3) is 11.1 Å². The van der Waals surface area contributed by atoms with Crippen molar-refractivity contribution in [1.29, 1.82) is 0 Å². The van der Waals surface area contributed by atoms with Gasteiger partial charge >= 0.3 is 5.97 Å². The van der Waals surface area contributed by atoms with Crippen LogP contribution < -0.4 is 35.4 Å². The second-order valence-corrected chi connectivity index (χ2v) is 16.9. The largest absolute Gasteiger partial charge is 0.493 e. The number of cyclic esters (lactones) is 1. The van der Waals surface area contributed by atoms with Gasteiger partial charge in [-0.1, -0.05) is 23.4 Å². The number of hydrogen-bond donors (Lipinski definition) is 2. The Bertz CT molecular complexity index is 3160. The Labute approximate surface area is 377 Å². The van der Waals surface area contributed by atoms with Gasteiger partial charge in [0.1, 0.15) is 12.7 Å². The molecule has 3 aromatic heterocycles. The maximum Gasteiger partial charge on any atom is 0.343 e. The van der Waals surface area contributed by atoms with Crippen LogP contribution in [0.4, 0.5) is 0 Å². The second-order valence-electron chi connectivity index (χ2n) is 16.9. The molecule has 1 aliphatic carbocycles. The van der Waals surface area contributed by atoms with Crippen molar-refractivity contribution < 1.29 is 48.0 Å². The predicted octanol–water partition coefficient (Wildman–Crippen LogP) is 5.18. The average molecular weight is 898 g/mol. The van der Waals surface area contributed by atoms with E-state index in [0.29, 0.717) is 88.8 Å². The van der Waals surface area contributed by atoms with E-state index in [1.807, 2.05) is 38.1 Å². The molecule has 0 bridgehead atoms. The summed E-state index contributed by atoms with van der Waals surface area (Å²) in [6, 6.07) is 15.8. The molecule has 0 unspecified atom stereocenters. The molecule has 10 rings (SSSR count). The lowest BCUT2D eigenvalue weighted by Crippen LogP contribution is -2.45. The zero-order chi connectivity index (χ0) is 45.9. The number of rotatable bonds is 16. The molecule has 3 aromatic carbocycles. The first-order chi connectivity index (χ1) is 32.0. The minimum atomic E-state index is -2.19. The van der Waals surface area contributed by atoms with Crippen LogP contribution in [-0.2, 0) is 44.4 Å². The molecule has 1 atom stereocenters. The number of aliphatic hydroxyl groups is 1. The van der Waals surface area contributed by atoms with Gasteiger partial charge in [-0.2, -0.15) is 0 Å². The summed E-state index contributed by atoms with van der Waals surface area (Å²) >= 11 is 0. The summed E-state index contributed by atoms with van der Waals surface area (Å²) in [6.45, 7) is 5.79. The van der Waals surface area contributed by atoms with Gasteiger partial charge in [0.05, 0.1) is 72.2 Å². The van der Waals surface area contributed by atoms with Gasteiger partial charge in [0, 0.05) is 58.8 Å². The molecule has 2 N–H and O–H groups in total. The van der Waals surface area contributed by atoms with Crippen LogP contribution in [0.25, 0.3) is 44.3 Å². The van der Waals surface area contributed by atoms with Crippen LogP contribution in [0.2, 0.25) is 0 Å². The first-order valence-electron chi connectivity index (χ1n) is 21.9. The first kappa shape index (κ1) is 42.8. The fourth-order valence-corrected chi connectivity index (χ4v) is 9.39. The highest BCUT2D eigenvalue weighted by Crippen LogP contribution is 2.47. The van der Waals surface area contributed by atoms with Crippen LogP contribution in [0.3, 0.4) is 0 Å². The summed E-state index contributed by atoms with van der Waals surface area (Å²) in [5.74, 6) is 0.261. The third kappa shape index (κ3) is 7.05. The SMILES string of the molecule is COCCNCCCn1c2c(c3cc(OCCC[C@@]4(O)C(=O)OCc5c4cc4n(c5=O)Cc5c-4nc4ccccc4c5/C=N/OC(C)C)c(OC)cc3c1=O)C(=O)c1cc3c(cc1-2)OCO3. The number of carbonyl (C=O) groups is 2. The minimum Gasteiger partial charge on any atom is -0.493 e. The molecule has 0 saturated heterocycles. The lowest BCUT2D eigenvalue weighted by Gasteiger charge is -2.32. The fraction of sp³-hybridized carbons (Fsp3) is 0.347. The summed E-state index contributed by atoms with van der Waals surface area (Å²) in [7, 11) is 3.09. The van der Waals surface area contributed by atoms with E-state index in [1.54, 1.807) is 52.8 Å². The third-order valence-electron chi connectivity index (χ3n) is 12.5. The van der Waals surface area contributed by atoms with Gasteiger partial charge in [-0.25, -0.2) is 9.78 Å². The van der Waals surface area contributed by atoms with Gasteiger partial charge in [-0.05, 0) is 76.1 Å². The molecule has 0 fully saturated rings. The van der Waals surface area contributed by atoms with Gasteiger partial charge in [0.15, 0.2) is 34.4 Å². The number of pyridine rings is 3. The molecular weight excluding hydrogens is 851 g/mol. The minimum absolute atomic E-state index is 0.0268. The number of benzene rings is 3. The van der Waals surface area contributed by atoms with Crippen molar-refractivity contribution in [2.24, 2.45) is 5.16 Å². The Morgan fingerprint density at radius 1 is 0.894 bits per heavy atom. The molecule has 4 aliphatic rings. The number of oxime groups is 1.